The second kappa shape index (κ2) is 7.22. The van der Waals surface area contributed by atoms with E-state index in [0.717, 1.165) is 5.56 Å². The first-order valence-electron chi connectivity index (χ1n) is 6.98. The molecule has 1 aliphatic rings. The lowest BCUT2D eigenvalue weighted by molar-refractivity contribution is 0.0832. The van der Waals surface area contributed by atoms with E-state index in [2.05, 4.69) is 10.0 Å². The Balaban J connectivity index is 2.26. The van der Waals surface area contributed by atoms with Crippen LogP contribution in [0.5, 0.6) is 5.75 Å². The highest BCUT2D eigenvalue weighted by Gasteiger charge is 2.25. The van der Waals surface area contributed by atoms with Gasteiger partial charge in [0.15, 0.2) is 0 Å². The zero-order valence-electron chi connectivity index (χ0n) is 12.4. The smallest absolute Gasteiger partial charge is 0.244 e. The van der Waals surface area contributed by atoms with Crippen molar-refractivity contribution in [2.75, 3.05) is 27.4 Å². The highest BCUT2D eigenvalue weighted by Crippen LogP contribution is 2.25. The van der Waals surface area contributed by atoms with Crippen molar-refractivity contribution in [2.24, 2.45) is 0 Å². The molecule has 1 fully saturated rings. The van der Waals surface area contributed by atoms with Crippen molar-refractivity contribution in [1.82, 2.24) is 10.0 Å². The Morgan fingerprint density at radius 1 is 1.33 bits per heavy atom. The summed E-state index contributed by atoms with van der Waals surface area (Å²) in [6.45, 7) is 1.78. The minimum absolute atomic E-state index is 0.0820. The van der Waals surface area contributed by atoms with Crippen LogP contribution < -0.4 is 14.8 Å². The van der Waals surface area contributed by atoms with Crippen LogP contribution in [0.15, 0.2) is 23.1 Å². The zero-order valence-corrected chi connectivity index (χ0v) is 13.2. The fraction of sp³-hybridized carbons (Fsp3) is 0.571. The summed E-state index contributed by atoms with van der Waals surface area (Å²) in [5.74, 6) is 0.356. The summed E-state index contributed by atoms with van der Waals surface area (Å²) in [5, 5.41) is 3.01. The quantitative estimate of drug-likeness (QED) is 0.815. The predicted molar refractivity (Wildman–Crippen MR) is 79.9 cm³/mol. The van der Waals surface area contributed by atoms with Crippen LogP contribution in [0.1, 0.15) is 18.4 Å². The van der Waals surface area contributed by atoms with Crippen LogP contribution in [0.4, 0.5) is 0 Å². The van der Waals surface area contributed by atoms with E-state index in [-0.39, 0.29) is 10.9 Å². The second-order valence-corrected chi connectivity index (χ2v) is 6.71. The number of sulfonamides is 1. The van der Waals surface area contributed by atoms with Crippen molar-refractivity contribution < 1.29 is 17.9 Å². The maximum Gasteiger partial charge on any atom is 0.244 e. The minimum atomic E-state index is -3.60. The standard InChI is InChI=1S/C14H22N2O4S/c1-15-10-11-3-4-13(19-2)14(9-11)21(17,18)16-12-5-7-20-8-6-12/h3-4,9,12,15-16H,5-8,10H2,1-2H3. The molecule has 0 spiro atoms. The Labute approximate surface area is 125 Å². The lowest BCUT2D eigenvalue weighted by Crippen LogP contribution is -2.39. The Kier molecular flexibility index (Phi) is 5.58. The summed E-state index contributed by atoms with van der Waals surface area (Å²) >= 11 is 0. The first-order valence-corrected chi connectivity index (χ1v) is 8.46. The van der Waals surface area contributed by atoms with E-state index in [1.54, 1.807) is 12.1 Å². The summed E-state index contributed by atoms with van der Waals surface area (Å²) < 4.78 is 38.4. The summed E-state index contributed by atoms with van der Waals surface area (Å²) in [7, 11) is -0.311. The molecular weight excluding hydrogens is 292 g/mol. The number of nitrogens with one attached hydrogen (secondary N) is 2. The highest BCUT2D eigenvalue weighted by molar-refractivity contribution is 7.89. The molecule has 0 radical (unpaired) electrons. The van der Waals surface area contributed by atoms with Crippen molar-refractivity contribution in [3.05, 3.63) is 23.8 Å². The van der Waals surface area contributed by atoms with Gasteiger partial charge < -0.3 is 14.8 Å². The third kappa shape index (κ3) is 4.16. The molecule has 1 aliphatic heterocycles. The lowest BCUT2D eigenvalue weighted by Gasteiger charge is -2.23. The van der Waals surface area contributed by atoms with Gasteiger partial charge in [-0.2, -0.15) is 0 Å². The fourth-order valence-corrected chi connectivity index (χ4v) is 3.87. The topological polar surface area (TPSA) is 76.7 Å². The third-order valence-electron chi connectivity index (χ3n) is 3.44. The minimum Gasteiger partial charge on any atom is -0.495 e. The molecule has 2 N–H and O–H groups in total. The molecule has 7 heteroatoms. The molecule has 2 rings (SSSR count). The normalized spacial score (nSPS) is 16.9. The second-order valence-electron chi connectivity index (χ2n) is 5.02. The van der Waals surface area contributed by atoms with E-state index < -0.39 is 10.0 Å². The van der Waals surface area contributed by atoms with Gasteiger partial charge in [-0.1, -0.05) is 6.07 Å². The van der Waals surface area contributed by atoms with E-state index in [4.69, 9.17) is 9.47 Å². The zero-order chi connectivity index (χ0) is 15.3. The molecule has 0 bridgehead atoms. The third-order valence-corrected chi connectivity index (χ3v) is 4.98. The van der Waals surface area contributed by atoms with Crippen LogP contribution in [-0.2, 0) is 21.3 Å². The van der Waals surface area contributed by atoms with Crippen LogP contribution in [0.2, 0.25) is 0 Å². The monoisotopic (exact) mass is 314 g/mol. The molecule has 0 amide bonds. The van der Waals surface area contributed by atoms with Gasteiger partial charge in [-0.3, -0.25) is 0 Å². The molecule has 0 aliphatic carbocycles. The number of rotatable bonds is 6. The molecule has 21 heavy (non-hydrogen) atoms. The number of methoxy groups -OCH3 is 1. The van der Waals surface area contributed by atoms with Crippen LogP contribution in [0.3, 0.4) is 0 Å². The first kappa shape index (κ1) is 16.2. The molecule has 1 saturated heterocycles. The van der Waals surface area contributed by atoms with Gasteiger partial charge >= 0.3 is 0 Å². The van der Waals surface area contributed by atoms with E-state index in [1.165, 1.54) is 7.11 Å². The van der Waals surface area contributed by atoms with E-state index in [1.807, 2.05) is 13.1 Å². The molecule has 1 aromatic rings. The van der Waals surface area contributed by atoms with Crippen molar-refractivity contribution in [3.8, 4) is 5.75 Å². The fourth-order valence-electron chi connectivity index (χ4n) is 2.34. The molecule has 6 nitrogen and oxygen atoms in total. The molecular formula is C14H22N2O4S. The van der Waals surface area contributed by atoms with E-state index in [0.29, 0.717) is 38.3 Å². The average molecular weight is 314 g/mol. The Morgan fingerprint density at radius 2 is 2.05 bits per heavy atom. The Bertz CT molecular complexity index is 568. The number of hydrogen-bond acceptors (Lipinski definition) is 5. The van der Waals surface area contributed by atoms with Crippen LogP contribution >= 0.6 is 0 Å². The predicted octanol–water partition coefficient (Wildman–Crippen LogP) is 0.872. The van der Waals surface area contributed by atoms with Crippen LogP contribution in [0, 0.1) is 0 Å². The molecule has 1 aromatic carbocycles. The van der Waals surface area contributed by atoms with E-state index in [9.17, 15) is 8.42 Å². The largest absolute Gasteiger partial charge is 0.495 e. The summed E-state index contributed by atoms with van der Waals surface area (Å²) in [5.41, 5.74) is 0.894. The van der Waals surface area contributed by atoms with Crippen molar-refractivity contribution in [1.29, 1.82) is 0 Å². The van der Waals surface area contributed by atoms with Gasteiger partial charge in [0.05, 0.1) is 7.11 Å². The first-order chi connectivity index (χ1) is 10.1. The van der Waals surface area contributed by atoms with Gasteiger partial charge in [0.2, 0.25) is 10.0 Å². The van der Waals surface area contributed by atoms with Crippen LogP contribution in [0.25, 0.3) is 0 Å². The summed E-state index contributed by atoms with van der Waals surface area (Å²) in [6, 6.07) is 5.10. The molecule has 0 aromatic heterocycles. The Hall–Kier alpha value is -1.15. The molecule has 118 valence electrons. The highest BCUT2D eigenvalue weighted by atomic mass is 32.2. The number of benzene rings is 1. The van der Waals surface area contributed by atoms with Crippen molar-refractivity contribution >= 4 is 10.0 Å². The van der Waals surface area contributed by atoms with Gasteiger partial charge in [0, 0.05) is 25.8 Å². The van der Waals surface area contributed by atoms with Gasteiger partial charge in [0.25, 0.3) is 0 Å². The maximum absolute atomic E-state index is 12.6. The summed E-state index contributed by atoms with van der Waals surface area (Å²) in [4.78, 5) is 0.184. The SMILES string of the molecule is CNCc1ccc(OC)c(S(=O)(=O)NC2CCOCC2)c1. The molecule has 1 heterocycles. The average Bonchev–Trinajstić information content (AvgIpc) is 2.48. The van der Waals surface area contributed by atoms with Gasteiger partial charge in [-0.15, -0.1) is 0 Å². The van der Waals surface area contributed by atoms with E-state index >= 15 is 0 Å². The lowest BCUT2D eigenvalue weighted by atomic mass is 10.1. The van der Waals surface area contributed by atoms with Gasteiger partial charge in [0.1, 0.15) is 10.6 Å². The van der Waals surface area contributed by atoms with Gasteiger partial charge in [-0.05, 0) is 37.6 Å². The van der Waals surface area contributed by atoms with Crippen LogP contribution in [-0.4, -0.2) is 41.8 Å². The molecule has 0 atom stereocenters. The number of hydrogen-bond donors (Lipinski definition) is 2. The molecule has 0 saturated carbocycles. The number of ether oxygens (including phenoxy) is 2. The molecule has 0 unspecified atom stereocenters. The summed E-state index contributed by atoms with van der Waals surface area (Å²) in [6.07, 6.45) is 1.38. The van der Waals surface area contributed by atoms with Gasteiger partial charge in [-0.25, -0.2) is 13.1 Å². The Morgan fingerprint density at radius 3 is 2.67 bits per heavy atom. The van der Waals surface area contributed by atoms with Crippen molar-refractivity contribution in [2.45, 2.75) is 30.3 Å². The maximum atomic E-state index is 12.6. The van der Waals surface area contributed by atoms with Crippen molar-refractivity contribution in [3.63, 3.8) is 0 Å².